The van der Waals surface area contributed by atoms with Crippen LogP contribution in [0.4, 0.5) is 11.4 Å². The number of benzene rings is 2. The van der Waals surface area contributed by atoms with Crippen molar-refractivity contribution in [2.45, 2.75) is 39.5 Å². The number of para-hydroxylation sites is 1. The lowest BCUT2D eigenvalue weighted by molar-refractivity contribution is 0.790. The second kappa shape index (κ2) is 6.13. The number of rotatable bonds is 4. The van der Waals surface area contributed by atoms with Gasteiger partial charge in [0.15, 0.2) is 0 Å². The van der Waals surface area contributed by atoms with Crippen LogP contribution in [0.15, 0.2) is 48.5 Å². The Morgan fingerprint density at radius 3 is 1.85 bits per heavy atom. The topological polar surface area (TPSA) is 3.24 Å². The molecular weight excluding hydrogens is 242 g/mol. The third-order valence-corrected chi connectivity index (χ3v) is 3.85. The fraction of sp³-hybridized carbons (Fsp3) is 0.368. The summed E-state index contributed by atoms with van der Waals surface area (Å²) >= 11 is 0. The Labute approximate surface area is 123 Å². The molecule has 0 amide bonds. The van der Waals surface area contributed by atoms with E-state index in [2.05, 4.69) is 88.2 Å². The van der Waals surface area contributed by atoms with Gasteiger partial charge >= 0.3 is 0 Å². The summed E-state index contributed by atoms with van der Waals surface area (Å²) in [5.74, 6) is 1.13. The van der Waals surface area contributed by atoms with Gasteiger partial charge in [0.2, 0.25) is 0 Å². The van der Waals surface area contributed by atoms with Gasteiger partial charge in [-0.2, -0.15) is 0 Å². The van der Waals surface area contributed by atoms with E-state index in [1.54, 1.807) is 0 Å². The normalized spacial score (nSPS) is 11.2. The third kappa shape index (κ3) is 3.04. The zero-order chi connectivity index (χ0) is 14.7. The van der Waals surface area contributed by atoms with E-state index >= 15 is 0 Å². The summed E-state index contributed by atoms with van der Waals surface area (Å²) in [6, 6.07) is 17.4. The molecule has 0 N–H and O–H groups in total. The first-order valence-corrected chi connectivity index (χ1v) is 7.43. The molecule has 1 heteroatoms. The highest BCUT2D eigenvalue weighted by atomic mass is 15.1. The predicted octanol–water partition coefficient (Wildman–Crippen LogP) is 5.70. The molecular formula is C19H25N. The summed E-state index contributed by atoms with van der Waals surface area (Å²) in [6.07, 6.45) is 0. The van der Waals surface area contributed by atoms with Crippen LogP contribution < -0.4 is 4.90 Å². The van der Waals surface area contributed by atoms with Gasteiger partial charge in [-0.15, -0.1) is 0 Å². The van der Waals surface area contributed by atoms with Gasteiger partial charge < -0.3 is 4.90 Å². The minimum atomic E-state index is 0.552. The molecule has 2 aromatic rings. The zero-order valence-electron chi connectivity index (χ0n) is 13.2. The summed E-state index contributed by atoms with van der Waals surface area (Å²) in [7, 11) is 2.13. The van der Waals surface area contributed by atoms with E-state index < -0.39 is 0 Å². The summed E-state index contributed by atoms with van der Waals surface area (Å²) in [6.45, 7) is 9.07. The average Bonchev–Trinajstić information content (AvgIpc) is 2.46. The number of hydrogen-bond acceptors (Lipinski definition) is 1. The van der Waals surface area contributed by atoms with Gasteiger partial charge in [0.25, 0.3) is 0 Å². The molecule has 0 saturated heterocycles. The number of hydrogen-bond donors (Lipinski definition) is 0. The van der Waals surface area contributed by atoms with Crippen molar-refractivity contribution in [2.75, 3.05) is 11.9 Å². The molecule has 0 aromatic heterocycles. The number of anilines is 2. The second-order valence-corrected chi connectivity index (χ2v) is 6.02. The molecule has 0 heterocycles. The summed E-state index contributed by atoms with van der Waals surface area (Å²) in [5, 5.41) is 0. The van der Waals surface area contributed by atoms with Gasteiger partial charge in [0, 0.05) is 18.4 Å². The smallest absolute Gasteiger partial charge is 0.0411 e. The quantitative estimate of drug-likeness (QED) is 0.686. The van der Waals surface area contributed by atoms with Gasteiger partial charge in [-0.05, 0) is 47.2 Å². The standard InChI is InChI=1S/C19H25N/c1-14(2)18-12-11-17(13-19(18)15(3)4)20(5)16-9-7-6-8-10-16/h6-15H,1-5H3. The van der Waals surface area contributed by atoms with E-state index in [0.717, 1.165) is 0 Å². The van der Waals surface area contributed by atoms with Crippen molar-refractivity contribution in [1.82, 2.24) is 0 Å². The van der Waals surface area contributed by atoms with E-state index in [9.17, 15) is 0 Å². The average molecular weight is 267 g/mol. The highest BCUT2D eigenvalue weighted by molar-refractivity contribution is 5.64. The van der Waals surface area contributed by atoms with Gasteiger partial charge in [-0.25, -0.2) is 0 Å². The molecule has 0 spiro atoms. The summed E-state index contributed by atoms with van der Waals surface area (Å²) < 4.78 is 0. The monoisotopic (exact) mass is 267 g/mol. The van der Waals surface area contributed by atoms with Crippen LogP contribution in [0.3, 0.4) is 0 Å². The largest absolute Gasteiger partial charge is 0.345 e. The van der Waals surface area contributed by atoms with E-state index in [0.29, 0.717) is 11.8 Å². The van der Waals surface area contributed by atoms with Crippen LogP contribution in [-0.4, -0.2) is 7.05 Å². The Kier molecular flexibility index (Phi) is 4.49. The third-order valence-electron chi connectivity index (χ3n) is 3.85. The fourth-order valence-corrected chi connectivity index (χ4v) is 2.60. The molecule has 20 heavy (non-hydrogen) atoms. The van der Waals surface area contributed by atoms with Crippen LogP contribution in [0, 0.1) is 0 Å². The zero-order valence-corrected chi connectivity index (χ0v) is 13.2. The van der Waals surface area contributed by atoms with E-state index in [-0.39, 0.29) is 0 Å². The Balaban J connectivity index is 2.41. The molecule has 106 valence electrons. The SMILES string of the molecule is CC(C)c1ccc(N(C)c2ccccc2)cc1C(C)C. The maximum absolute atomic E-state index is 2.34. The van der Waals surface area contributed by atoms with Crippen LogP contribution in [0.1, 0.15) is 50.7 Å². The Hall–Kier alpha value is -1.76. The Morgan fingerprint density at radius 1 is 0.700 bits per heavy atom. The lowest BCUT2D eigenvalue weighted by Crippen LogP contribution is -2.10. The molecule has 0 saturated carbocycles. The van der Waals surface area contributed by atoms with Crippen LogP contribution in [0.25, 0.3) is 0 Å². The van der Waals surface area contributed by atoms with Crippen LogP contribution >= 0.6 is 0 Å². The molecule has 0 atom stereocenters. The van der Waals surface area contributed by atoms with Crippen LogP contribution in [0.5, 0.6) is 0 Å². The van der Waals surface area contributed by atoms with Crippen molar-refractivity contribution in [3.63, 3.8) is 0 Å². The molecule has 0 bridgehead atoms. The maximum Gasteiger partial charge on any atom is 0.0411 e. The van der Waals surface area contributed by atoms with Crippen LogP contribution in [0.2, 0.25) is 0 Å². The summed E-state index contributed by atoms with van der Waals surface area (Å²) in [5.41, 5.74) is 5.40. The van der Waals surface area contributed by atoms with Crippen molar-refractivity contribution in [3.8, 4) is 0 Å². The van der Waals surface area contributed by atoms with Gasteiger partial charge in [-0.1, -0.05) is 52.0 Å². The van der Waals surface area contributed by atoms with Crippen molar-refractivity contribution in [3.05, 3.63) is 59.7 Å². The van der Waals surface area contributed by atoms with Crippen molar-refractivity contribution in [2.24, 2.45) is 0 Å². The molecule has 1 nitrogen and oxygen atoms in total. The second-order valence-electron chi connectivity index (χ2n) is 6.02. The van der Waals surface area contributed by atoms with Gasteiger partial charge in [-0.3, -0.25) is 0 Å². The predicted molar refractivity (Wildman–Crippen MR) is 89.1 cm³/mol. The van der Waals surface area contributed by atoms with E-state index in [4.69, 9.17) is 0 Å². The maximum atomic E-state index is 2.34. The van der Waals surface area contributed by atoms with Crippen molar-refractivity contribution < 1.29 is 0 Å². The Bertz CT molecular complexity index is 555. The minimum Gasteiger partial charge on any atom is -0.345 e. The molecule has 0 fully saturated rings. The lowest BCUT2D eigenvalue weighted by atomic mass is 9.90. The molecule has 2 aromatic carbocycles. The minimum absolute atomic E-state index is 0.552. The van der Waals surface area contributed by atoms with E-state index in [1.165, 1.54) is 22.5 Å². The molecule has 0 aliphatic rings. The summed E-state index contributed by atoms with van der Waals surface area (Å²) in [4.78, 5) is 2.25. The molecule has 0 aliphatic heterocycles. The van der Waals surface area contributed by atoms with Gasteiger partial charge in [0.1, 0.15) is 0 Å². The fourth-order valence-electron chi connectivity index (χ4n) is 2.60. The number of nitrogens with zero attached hydrogens (tertiary/aromatic N) is 1. The molecule has 0 radical (unpaired) electrons. The Morgan fingerprint density at radius 2 is 1.30 bits per heavy atom. The first-order chi connectivity index (χ1) is 9.50. The highest BCUT2D eigenvalue weighted by Crippen LogP contribution is 2.32. The molecule has 0 unspecified atom stereocenters. The van der Waals surface area contributed by atoms with Crippen molar-refractivity contribution in [1.29, 1.82) is 0 Å². The highest BCUT2D eigenvalue weighted by Gasteiger charge is 2.12. The molecule has 0 aliphatic carbocycles. The van der Waals surface area contributed by atoms with Crippen LogP contribution in [-0.2, 0) is 0 Å². The first kappa shape index (κ1) is 14.6. The first-order valence-electron chi connectivity index (χ1n) is 7.43. The van der Waals surface area contributed by atoms with E-state index in [1.807, 2.05) is 0 Å². The van der Waals surface area contributed by atoms with Gasteiger partial charge in [0.05, 0.1) is 0 Å². The molecule has 2 rings (SSSR count). The lowest BCUT2D eigenvalue weighted by Gasteiger charge is -2.23. The van der Waals surface area contributed by atoms with Crippen molar-refractivity contribution >= 4 is 11.4 Å².